The average molecular weight is 1960 g/mol. The Hall–Kier alpha value is -14.0. The van der Waals surface area contributed by atoms with Gasteiger partial charge >= 0.3 is 0 Å². The van der Waals surface area contributed by atoms with Crippen LogP contribution in [0.1, 0.15) is 69.1 Å². The van der Waals surface area contributed by atoms with Gasteiger partial charge in [-0.25, -0.2) is 32.5 Å². The molecule has 29 nitrogen and oxygen atoms in total. The van der Waals surface area contributed by atoms with Crippen LogP contribution in [0.2, 0.25) is 0 Å². The van der Waals surface area contributed by atoms with E-state index >= 15 is 0 Å². The monoisotopic (exact) mass is 1960 g/mol. The number of ether oxygens (including phenoxy) is 5. The van der Waals surface area contributed by atoms with E-state index in [1.54, 1.807) is 42.7 Å². The molecule has 4 N–H and O–H groups in total. The van der Waals surface area contributed by atoms with Crippen molar-refractivity contribution in [2.24, 2.45) is 7.05 Å². The van der Waals surface area contributed by atoms with Crippen molar-refractivity contribution in [3.05, 3.63) is 256 Å². The fourth-order valence-corrected chi connectivity index (χ4v) is 22.8. The highest BCUT2D eigenvalue weighted by Crippen LogP contribution is 2.42. The number of morpholine rings is 4. The molecule has 10 aliphatic rings. The average Bonchev–Trinajstić information content (AvgIpc) is 1.60. The lowest BCUT2D eigenvalue weighted by Crippen LogP contribution is -2.43. The van der Waals surface area contributed by atoms with Gasteiger partial charge < -0.3 is 102 Å². The molecule has 0 saturated carbocycles. The third-order valence-electron chi connectivity index (χ3n) is 29.3. The topological polar surface area (TPSA) is 263 Å². The predicted octanol–water partition coefficient (Wildman–Crippen LogP) is 17.9. The smallest absolute Gasteiger partial charge is 0.297 e. The number of nitrogens with zero attached hydrogens (tertiary/aromatic N) is 19. The maximum absolute atomic E-state index is 13.8. The summed E-state index contributed by atoms with van der Waals surface area (Å²) < 4.78 is 91.3. The largest absolute Gasteiger partial charge is 0.497 e. The summed E-state index contributed by atoms with van der Waals surface area (Å²) in [5.41, 5.74) is 23.4. The molecule has 2 bridgehead atoms. The summed E-state index contributed by atoms with van der Waals surface area (Å²) in [5, 5.41) is 25.6. The summed E-state index contributed by atoms with van der Waals surface area (Å²) in [7, 11) is 7.75. The summed E-state index contributed by atoms with van der Waals surface area (Å²) >= 11 is 1.72. The number of methoxy groups -OCH3 is 1. The van der Waals surface area contributed by atoms with Gasteiger partial charge in [0.05, 0.1) is 75.4 Å². The standard InChI is InChI=1S/C24H23FN4O.C22H24N4O2.C21H20FN5OS.C21H22FN5O.C19H20FN5O.ClH/c25-17-3-5-21-19(13-17)20-15-29(8-7-22(20)26-21)18-4-1-16-2-6-24(27-23(16)14-18)28-9-11-30-12-10-28;1-24(2)22-23-18-11-14(5-8-21(18)28-22)26-10-9-20-17(13-26)16-12-15(27-4)6-7-19(16)25(20)3;22-13-1-2-14-15-12-27(4-3-16(15)24-17(14)9-13)20-10-19-18(11-23-20)25-21(29-19)26-5-7-28-8-6-26;22-13-1-4-16-17-12-26(8-7-18(17)23-19(16)9-13)20-5-6-21(25-24-20)27-10-14-2-3-15(11-27)28-14;20-13-1-2-14-15-12-25(6-5-16(15)21-17(14)11-13)19-4-3-18(22-23-19)24-7-9-26-10-8-24;/h1-6,13-14,26H,7-12,15H2;5-8,11-12H,9-10,13H2,1-4H3;1-2,9-11,24H,3-8,12H2;1,4-6,9,14-15,23H,2-3,7-8,10-12H2;1-4,11,21H,5-10,12H2;1H. The quantitative estimate of drug-likeness (QED) is 0.0877. The SMILES string of the molecule is COc1ccc2c(c1)c1c(n2C)CCN(c2ccc3oc(N(C)C)nc3c2)C1.Cl.Fc1ccc2[nH]c3c(c2c1)CN(c1ccc2ccc(N4CCOCC4)nc2c1)CC3.Fc1ccc2c3c([nH]c2c1)CCN(c1cc2sc(N4CCOCC4)nc2cn1)C3.Fc1ccc2c3c([nH]c2c1)CCN(c1ccc(N2CC4CCC(C2)O4)nn1)C3.Fc1ccc2c3c([nH]c2c1)CCN(c1ccc(N2CCOCC2)nn1)C3. The molecule has 5 fully saturated rings. The predicted molar refractivity (Wildman–Crippen MR) is 554 cm³/mol. The molecule has 18 aromatic rings. The number of rotatable bonds is 11. The van der Waals surface area contributed by atoms with E-state index in [0.717, 1.165) is 330 Å². The lowest BCUT2D eigenvalue weighted by Gasteiger charge is -2.33. The fourth-order valence-electron chi connectivity index (χ4n) is 21.8. The Kier molecular flexibility index (Phi) is 25.3. The van der Waals surface area contributed by atoms with Crippen LogP contribution >= 0.6 is 23.7 Å². The minimum Gasteiger partial charge on any atom is -0.497 e. The number of H-pyrrole nitrogens is 4. The second kappa shape index (κ2) is 39.1. The molecule has 0 spiro atoms. The number of fused-ring (bicyclic) bond motifs is 20. The number of aromatic nitrogens is 13. The van der Waals surface area contributed by atoms with Crippen molar-refractivity contribution in [1.82, 2.24) is 64.8 Å². The first-order valence-corrected chi connectivity index (χ1v) is 49.7. The molecule has 35 heteroatoms. The number of halogens is 5. The zero-order valence-electron chi connectivity index (χ0n) is 79.6. The molecule has 142 heavy (non-hydrogen) atoms. The Morgan fingerprint density at radius 1 is 0.394 bits per heavy atom. The van der Waals surface area contributed by atoms with Gasteiger partial charge in [-0.3, -0.25) is 0 Å². The Labute approximate surface area is 826 Å². The lowest BCUT2D eigenvalue weighted by atomic mass is 10.0. The molecule has 28 rings (SSSR count). The Balaban J connectivity index is 0.0000000985. The van der Waals surface area contributed by atoms with Crippen LogP contribution in [-0.4, -0.2) is 223 Å². The molecular weight excluding hydrogens is 1850 g/mol. The molecule has 11 aromatic heterocycles. The Morgan fingerprint density at radius 2 is 0.859 bits per heavy atom. The van der Waals surface area contributed by atoms with Crippen LogP contribution in [0.15, 0.2) is 180 Å². The van der Waals surface area contributed by atoms with Crippen LogP contribution in [0.3, 0.4) is 0 Å². The van der Waals surface area contributed by atoms with Crippen LogP contribution in [0.4, 0.5) is 75.0 Å². The molecular formula is C107H110ClF4N23O6S. The highest BCUT2D eigenvalue weighted by molar-refractivity contribution is 7.22. The summed E-state index contributed by atoms with van der Waals surface area (Å²) in [6, 6.07) is 54.2. The van der Waals surface area contributed by atoms with E-state index in [0.29, 0.717) is 18.2 Å². The van der Waals surface area contributed by atoms with E-state index in [-0.39, 0.29) is 35.7 Å². The zero-order valence-corrected chi connectivity index (χ0v) is 81.2. The van der Waals surface area contributed by atoms with Crippen molar-refractivity contribution in [2.75, 3.05) is 195 Å². The first kappa shape index (κ1) is 91.7. The number of hydrogen-bond donors (Lipinski definition) is 4. The zero-order chi connectivity index (χ0) is 95.0. The lowest BCUT2D eigenvalue weighted by molar-refractivity contribution is 0.0301. The molecule has 0 aliphatic carbocycles. The first-order valence-electron chi connectivity index (χ1n) is 48.9. The number of nitrogens with one attached hydrogen (secondary N) is 4. The second-order valence-electron chi connectivity index (χ2n) is 38.1. The summed E-state index contributed by atoms with van der Waals surface area (Å²) in [5.74, 6) is 5.67. The van der Waals surface area contributed by atoms with Gasteiger partial charge in [0.25, 0.3) is 6.01 Å². The third-order valence-corrected chi connectivity index (χ3v) is 30.4. The van der Waals surface area contributed by atoms with Gasteiger partial charge in [-0.15, -0.1) is 32.8 Å². The van der Waals surface area contributed by atoms with Crippen LogP contribution in [0.25, 0.3) is 86.7 Å². The van der Waals surface area contributed by atoms with Crippen molar-refractivity contribution >= 4 is 168 Å². The van der Waals surface area contributed by atoms with Gasteiger partial charge in [0, 0.05) is 305 Å². The van der Waals surface area contributed by atoms with Crippen molar-refractivity contribution < 1.29 is 45.7 Å². The number of oxazole rings is 1. The minimum absolute atomic E-state index is 0. The normalized spacial score (nSPS) is 17.8. The molecule has 730 valence electrons. The van der Waals surface area contributed by atoms with E-state index in [1.165, 1.54) is 97.1 Å². The number of pyridine rings is 2. The van der Waals surface area contributed by atoms with E-state index in [9.17, 15) is 17.6 Å². The van der Waals surface area contributed by atoms with Crippen molar-refractivity contribution in [3.8, 4) is 5.75 Å². The summed E-state index contributed by atoms with van der Waals surface area (Å²) in [4.78, 5) is 55.1. The molecule has 0 radical (unpaired) electrons. The van der Waals surface area contributed by atoms with Gasteiger partial charge in [0.1, 0.15) is 51.7 Å². The summed E-state index contributed by atoms with van der Waals surface area (Å²) in [6.07, 6.45) is 9.47. The first-order chi connectivity index (χ1) is 69.0. The van der Waals surface area contributed by atoms with Gasteiger partial charge in [-0.2, -0.15) is 4.98 Å². The number of aryl methyl sites for hydroxylation is 1. The number of aromatic amines is 4. The van der Waals surface area contributed by atoms with Crippen LogP contribution in [0, 0.1) is 23.3 Å². The van der Waals surface area contributed by atoms with E-state index in [1.807, 2.05) is 73.7 Å². The number of hydrogen-bond acceptors (Lipinski definition) is 25. The van der Waals surface area contributed by atoms with Crippen molar-refractivity contribution in [3.63, 3.8) is 0 Å². The Morgan fingerprint density at radius 3 is 1.42 bits per heavy atom. The van der Waals surface area contributed by atoms with E-state index in [4.69, 9.17) is 43.1 Å². The van der Waals surface area contributed by atoms with Crippen LogP contribution in [0.5, 0.6) is 5.75 Å². The van der Waals surface area contributed by atoms with Crippen LogP contribution in [-0.2, 0) is 90.8 Å². The number of thiazole rings is 1. The molecule has 2 atom stereocenters. The number of benzene rings is 7. The Bertz CT molecular complexity index is 7690. The third kappa shape index (κ3) is 18.4. The molecule has 21 heterocycles. The molecule has 5 saturated heterocycles. The molecule has 10 aliphatic heterocycles. The fraction of sp³-hybridized carbons (Fsp3) is 0.346. The van der Waals surface area contributed by atoms with Crippen molar-refractivity contribution in [2.45, 2.75) is 89.9 Å². The second-order valence-corrected chi connectivity index (χ2v) is 39.1. The number of anilines is 10. The van der Waals surface area contributed by atoms with Gasteiger partial charge in [0.15, 0.2) is 34.0 Å². The highest BCUT2D eigenvalue weighted by atomic mass is 35.5. The summed E-state index contributed by atoms with van der Waals surface area (Å²) in [6.45, 7) is 20.0. The maximum atomic E-state index is 13.8. The van der Waals surface area contributed by atoms with Crippen molar-refractivity contribution in [1.29, 1.82) is 0 Å². The van der Waals surface area contributed by atoms with Crippen LogP contribution < -0.4 is 53.7 Å². The maximum Gasteiger partial charge on any atom is 0.297 e. The molecule has 0 amide bonds. The van der Waals surface area contributed by atoms with Gasteiger partial charge in [0.2, 0.25) is 0 Å². The van der Waals surface area contributed by atoms with Gasteiger partial charge in [-0.1, -0.05) is 17.4 Å². The van der Waals surface area contributed by atoms with E-state index < -0.39 is 0 Å². The molecule has 7 aromatic carbocycles. The molecule has 2 unspecified atom stereocenters. The van der Waals surface area contributed by atoms with E-state index in [2.05, 4.69) is 174 Å². The minimum atomic E-state index is -0.211. The van der Waals surface area contributed by atoms with Gasteiger partial charge in [-0.05, 0) is 171 Å². The highest BCUT2D eigenvalue weighted by Gasteiger charge is 2.36.